The normalized spacial score (nSPS) is 22.7. The molecule has 1 unspecified atom stereocenters. The number of carbonyl (C=O) groups excluding carboxylic acids is 1. The number of likely N-dealkylation sites (N-methyl/N-ethyl adjacent to an activating group) is 1. The first-order valence-corrected chi connectivity index (χ1v) is 5.71. The standard InChI is InChI=1S/C11H23N3O/c1-13(2)11(15)6-7-12-10-5-4-8-14(3)9-10/h10,12H,4-9H2,1-3H3. The highest BCUT2D eigenvalue weighted by molar-refractivity contribution is 5.75. The Hall–Kier alpha value is -0.610. The third-order valence-electron chi connectivity index (χ3n) is 2.90. The summed E-state index contributed by atoms with van der Waals surface area (Å²) in [6.07, 6.45) is 3.10. The lowest BCUT2D eigenvalue weighted by Crippen LogP contribution is -2.44. The molecule has 88 valence electrons. The highest BCUT2D eigenvalue weighted by Crippen LogP contribution is 2.07. The van der Waals surface area contributed by atoms with E-state index < -0.39 is 0 Å². The topological polar surface area (TPSA) is 35.6 Å². The molecule has 1 aliphatic rings. The third-order valence-corrected chi connectivity index (χ3v) is 2.90. The molecule has 0 aliphatic carbocycles. The molecule has 1 rings (SSSR count). The fraction of sp³-hybridized carbons (Fsp3) is 0.909. The summed E-state index contributed by atoms with van der Waals surface area (Å²) in [5.41, 5.74) is 0. The summed E-state index contributed by atoms with van der Waals surface area (Å²) in [4.78, 5) is 15.3. The molecule has 0 aromatic heterocycles. The van der Waals surface area contributed by atoms with Gasteiger partial charge in [0.1, 0.15) is 0 Å². The van der Waals surface area contributed by atoms with Gasteiger partial charge in [0.05, 0.1) is 0 Å². The lowest BCUT2D eigenvalue weighted by molar-refractivity contribution is -0.128. The number of hydrogen-bond acceptors (Lipinski definition) is 3. The van der Waals surface area contributed by atoms with E-state index in [-0.39, 0.29) is 5.91 Å². The summed E-state index contributed by atoms with van der Waals surface area (Å²) >= 11 is 0. The lowest BCUT2D eigenvalue weighted by Gasteiger charge is -2.30. The van der Waals surface area contributed by atoms with Crippen LogP contribution in [0.1, 0.15) is 19.3 Å². The summed E-state index contributed by atoms with van der Waals surface area (Å²) in [5, 5.41) is 3.45. The smallest absolute Gasteiger partial charge is 0.223 e. The van der Waals surface area contributed by atoms with Crippen molar-refractivity contribution in [3.63, 3.8) is 0 Å². The molecule has 1 heterocycles. The van der Waals surface area contributed by atoms with Gasteiger partial charge in [0, 0.05) is 39.6 Å². The number of rotatable bonds is 4. The Morgan fingerprint density at radius 2 is 2.27 bits per heavy atom. The highest BCUT2D eigenvalue weighted by Gasteiger charge is 2.16. The van der Waals surface area contributed by atoms with Gasteiger partial charge in [0.2, 0.25) is 5.91 Å². The van der Waals surface area contributed by atoms with Crippen molar-refractivity contribution < 1.29 is 4.79 Å². The molecule has 0 saturated carbocycles. The summed E-state index contributed by atoms with van der Waals surface area (Å²) in [6, 6.07) is 0.568. The summed E-state index contributed by atoms with van der Waals surface area (Å²) in [6.45, 7) is 3.11. The molecule has 1 atom stereocenters. The van der Waals surface area contributed by atoms with Crippen molar-refractivity contribution in [3.05, 3.63) is 0 Å². The van der Waals surface area contributed by atoms with Gasteiger partial charge in [-0.3, -0.25) is 4.79 Å². The Morgan fingerprint density at radius 3 is 2.87 bits per heavy atom. The zero-order valence-electron chi connectivity index (χ0n) is 10.1. The maximum atomic E-state index is 11.3. The Labute approximate surface area is 92.6 Å². The molecule has 0 aromatic carbocycles. The van der Waals surface area contributed by atoms with E-state index in [1.54, 1.807) is 19.0 Å². The summed E-state index contributed by atoms with van der Waals surface area (Å²) < 4.78 is 0. The van der Waals surface area contributed by atoms with Gasteiger partial charge in [0.25, 0.3) is 0 Å². The first kappa shape index (κ1) is 12.5. The van der Waals surface area contributed by atoms with Crippen LogP contribution < -0.4 is 5.32 Å². The van der Waals surface area contributed by atoms with Gasteiger partial charge in [-0.2, -0.15) is 0 Å². The number of nitrogens with one attached hydrogen (secondary N) is 1. The van der Waals surface area contributed by atoms with E-state index >= 15 is 0 Å². The van der Waals surface area contributed by atoms with E-state index in [4.69, 9.17) is 0 Å². The van der Waals surface area contributed by atoms with E-state index in [9.17, 15) is 4.79 Å². The number of hydrogen-bond donors (Lipinski definition) is 1. The van der Waals surface area contributed by atoms with Gasteiger partial charge in [-0.25, -0.2) is 0 Å². The quantitative estimate of drug-likeness (QED) is 0.722. The molecule has 1 fully saturated rings. The maximum Gasteiger partial charge on any atom is 0.223 e. The molecule has 1 saturated heterocycles. The molecule has 0 bridgehead atoms. The molecule has 0 aromatic rings. The van der Waals surface area contributed by atoms with Crippen LogP contribution in [0, 0.1) is 0 Å². The molecule has 0 spiro atoms. The third kappa shape index (κ3) is 4.62. The molecule has 1 N–H and O–H groups in total. The van der Waals surface area contributed by atoms with Crippen molar-refractivity contribution in [1.29, 1.82) is 0 Å². The van der Waals surface area contributed by atoms with Gasteiger partial charge in [-0.15, -0.1) is 0 Å². The Kier molecular flexibility index (Phi) is 5.05. The van der Waals surface area contributed by atoms with Crippen molar-refractivity contribution in [3.8, 4) is 0 Å². The second kappa shape index (κ2) is 6.08. The SMILES string of the molecule is CN1CCCC(NCCC(=O)N(C)C)C1. The van der Waals surface area contributed by atoms with Gasteiger partial charge in [-0.05, 0) is 26.4 Å². The van der Waals surface area contributed by atoms with Gasteiger partial charge in [0.15, 0.2) is 0 Å². The molecule has 0 radical (unpaired) electrons. The van der Waals surface area contributed by atoms with Crippen LogP contribution in [-0.4, -0.2) is 62.5 Å². The predicted molar refractivity (Wildman–Crippen MR) is 61.8 cm³/mol. The monoisotopic (exact) mass is 213 g/mol. The van der Waals surface area contributed by atoms with Crippen molar-refractivity contribution in [2.24, 2.45) is 0 Å². The molecular weight excluding hydrogens is 190 g/mol. The van der Waals surface area contributed by atoms with E-state index in [0.29, 0.717) is 12.5 Å². The Bertz CT molecular complexity index is 206. The number of nitrogens with zero attached hydrogens (tertiary/aromatic N) is 2. The minimum Gasteiger partial charge on any atom is -0.349 e. The highest BCUT2D eigenvalue weighted by atomic mass is 16.2. The zero-order valence-corrected chi connectivity index (χ0v) is 10.1. The van der Waals surface area contributed by atoms with E-state index in [1.807, 2.05) is 0 Å². The van der Waals surface area contributed by atoms with E-state index in [2.05, 4.69) is 17.3 Å². The average molecular weight is 213 g/mol. The minimum absolute atomic E-state index is 0.201. The largest absolute Gasteiger partial charge is 0.349 e. The van der Waals surface area contributed by atoms with Crippen molar-refractivity contribution in [2.45, 2.75) is 25.3 Å². The fourth-order valence-electron chi connectivity index (χ4n) is 1.94. The Balaban J connectivity index is 2.11. The lowest BCUT2D eigenvalue weighted by atomic mass is 10.1. The molecular formula is C11H23N3O. The molecule has 1 aliphatic heterocycles. The fourth-order valence-corrected chi connectivity index (χ4v) is 1.94. The number of piperidine rings is 1. The van der Waals surface area contributed by atoms with Crippen molar-refractivity contribution in [1.82, 2.24) is 15.1 Å². The number of carbonyl (C=O) groups is 1. The first-order valence-electron chi connectivity index (χ1n) is 5.71. The first-order chi connectivity index (χ1) is 7.09. The second-order valence-corrected chi connectivity index (χ2v) is 4.59. The van der Waals surface area contributed by atoms with Crippen LogP contribution >= 0.6 is 0 Å². The summed E-state index contributed by atoms with van der Waals surface area (Å²) in [7, 11) is 5.76. The van der Waals surface area contributed by atoms with Crippen LogP contribution in [0.25, 0.3) is 0 Å². The molecule has 4 nitrogen and oxygen atoms in total. The second-order valence-electron chi connectivity index (χ2n) is 4.59. The van der Waals surface area contributed by atoms with Gasteiger partial charge >= 0.3 is 0 Å². The van der Waals surface area contributed by atoms with Gasteiger partial charge < -0.3 is 15.1 Å². The van der Waals surface area contributed by atoms with Crippen LogP contribution in [0.2, 0.25) is 0 Å². The minimum atomic E-state index is 0.201. The Morgan fingerprint density at radius 1 is 1.53 bits per heavy atom. The molecule has 1 amide bonds. The average Bonchev–Trinajstić information content (AvgIpc) is 2.17. The molecule has 4 heteroatoms. The predicted octanol–water partition coefficient (Wildman–Crippen LogP) is 0.149. The zero-order chi connectivity index (χ0) is 11.3. The van der Waals surface area contributed by atoms with Crippen molar-refractivity contribution >= 4 is 5.91 Å². The number of amides is 1. The van der Waals surface area contributed by atoms with Crippen LogP contribution in [0.15, 0.2) is 0 Å². The van der Waals surface area contributed by atoms with Gasteiger partial charge in [-0.1, -0.05) is 0 Å². The summed E-state index contributed by atoms with van der Waals surface area (Å²) in [5.74, 6) is 0.201. The van der Waals surface area contributed by atoms with Crippen LogP contribution in [0.5, 0.6) is 0 Å². The van der Waals surface area contributed by atoms with E-state index in [1.165, 1.54) is 19.4 Å². The van der Waals surface area contributed by atoms with Crippen molar-refractivity contribution in [2.75, 3.05) is 40.8 Å². The van der Waals surface area contributed by atoms with Crippen LogP contribution in [0.3, 0.4) is 0 Å². The van der Waals surface area contributed by atoms with E-state index in [0.717, 1.165) is 13.1 Å². The molecule has 15 heavy (non-hydrogen) atoms. The maximum absolute atomic E-state index is 11.3. The number of likely N-dealkylation sites (tertiary alicyclic amines) is 1. The van der Waals surface area contributed by atoms with Crippen LogP contribution in [-0.2, 0) is 4.79 Å². The van der Waals surface area contributed by atoms with Crippen LogP contribution in [0.4, 0.5) is 0 Å².